The summed E-state index contributed by atoms with van der Waals surface area (Å²) >= 11 is 5.16. The van der Waals surface area contributed by atoms with Gasteiger partial charge in [0.2, 0.25) is 5.88 Å². The van der Waals surface area contributed by atoms with Crippen LogP contribution in [0.2, 0.25) is 0 Å². The molecule has 0 bridgehead atoms. The molecule has 0 aromatic carbocycles. The molecule has 16 heavy (non-hydrogen) atoms. The van der Waals surface area contributed by atoms with Gasteiger partial charge >= 0.3 is 0 Å². The van der Waals surface area contributed by atoms with E-state index in [1.54, 1.807) is 19.4 Å². The molecule has 0 aliphatic rings. The minimum absolute atomic E-state index is 0.367. The van der Waals surface area contributed by atoms with E-state index in [4.69, 9.17) is 17.0 Å². The fourth-order valence-electron chi connectivity index (χ4n) is 1.07. The number of anilines is 1. The van der Waals surface area contributed by atoms with Crippen molar-refractivity contribution in [2.75, 3.05) is 12.4 Å². The summed E-state index contributed by atoms with van der Waals surface area (Å²) in [4.78, 5) is 4.08. The van der Waals surface area contributed by atoms with Gasteiger partial charge in [-0.15, -0.1) is 0 Å². The first kappa shape index (κ1) is 12.7. The average Bonchev–Trinajstić information content (AvgIpc) is 2.29. The lowest BCUT2D eigenvalue weighted by Gasteiger charge is -2.15. The molecule has 1 aromatic rings. The average molecular weight is 239 g/mol. The highest BCUT2D eigenvalue weighted by Crippen LogP contribution is 2.10. The van der Waals surface area contributed by atoms with Crippen molar-refractivity contribution in [2.45, 2.75) is 26.3 Å². The Bertz CT molecular complexity index is 340. The molecule has 0 saturated carbocycles. The number of hydrogen-bond donors (Lipinski definition) is 2. The smallest absolute Gasteiger partial charge is 0.213 e. The van der Waals surface area contributed by atoms with Crippen LogP contribution in [0.15, 0.2) is 18.3 Å². The topological polar surface area (TPSA) is 46.2 Å². The van der Waals surface area contributed by atoms with Gasteiger partial charge in [0, 0.05) is 12.1 Å². The minimum Gasteiger partial charge on any atom is -0.481 e. The van der Waals surface area contributed by atoms with E-state index in [0.29, 0.717) is 17.0 Å². The molecule has 1 heterocycles. The molecule has 0 aliphatic heterocycles. The van der Waals surface area contributed by atoms with Gasteiger partial charge < -0.3 is 15.4 Å². The van der Waals surface area contributed by atoms with Crippen LogP contribution >= 0.6 is 12.2 Å². The highest BCUT2D eigenvalue weighted by atomic mass is 32.1. The van der Waals surface area contributed by atoms with Crippen LogP contribution in [0.25, 0.3) is 0 Å². The summed E-state index contributed by atoms with van der Waals surface area (Å²) in [7, 11) is 1.59. The predicted octanol–water partition coefficient (Wildman–Crippen LogP) is 2.18. The Morgan fingerprint density at radius 3 is 2.81 bits per heavy atom. The Labute approximate surface area is 101 Å². The quantitative estimate of drug-likeness (QED) is 0.789. The summed E-state index contributed by atoms with van der Waals surface area (Å²) < 4.78 is 4.97. The lowest BCUT2D eigenvalue weighted by atomic mass is 10.3. The third kappa shape index (κ3) is 4.02. The van der Waals surface area contributed by atoms with Crippen molar-refractivity contribution < 1.29 is 4.74 Å². The molecular weight excluding hydrogens is 222 g/mol. The van der Waals surface area contributed by atoms with Crippen molar-refractivity contribution >= 4 is 23.0 Å². The summed E-state index contributed by atoms with van der Waals surface area (Å²) in [5.41, 5.74) is 0.849. The number of hydrogen-bond acceptors (Lipinski definition) is 3. The van der Waals surface area contributed by atoms with Crippen molar-refractivity contribution in [3.63, 3.8) is 0 Å². The number of methoxy groups -OCH3 is 1. The molecule has 88 valence electrons. The van der Waals surface area contributed by atoms with E-state index in [-0.39, 0.29) is 0 Å². The number of ether oxygens (including phenoxy) is 1. The molecule has 0 amide bonds. The van der Waals surface area contributed by atoms with Crippen LogP contribution in [-0.4, -0.2) is 23.2 Å². The number of nitrogens with one attached hydrogen (secondary N) is 2. The molecule has 0 aliphatic carbocycles. The molecule has 1 aromatic heterocycles. The number of pyridine rings is 1. The van der Waals surface area contributed by atoms with E-state index < -0.39 is 0 Å². The van der Waals surface area contributed by atoms with E-state index in [9.17, 15) is 0 Å². The second-order valence-electron chi connectivity index (χ2n) is 3.50. The maximum absolute atomic E-state index is 5.16. The van der Waals surface area contributed by atoms with Crippen LogP contribution in [0.3, 0.4) is 0 Å². The zero-order chi connectivity index (χ0) is 12.0. The minimum atomic E-state index is 0.367. The first-order chi connectivity index (χ1) is 7.65. The van der Waals surface area contributed by atoms with Gasteiger partial charge in [-0.25, -0.2) is 4.98 Å². The van der Waals surface area contributed by atoms with Gasteiger partial charge in [-0.3, -0.25) is 0 Å². The zero-order valence-corrected chi connectivity index (χ0v) is 10.6. The van der Waals surface area contributed by atoms with E-state index in [1.165, 1.54) is 0 Å². The molecule has 0 saturated heterocycles. The molecule has 0 radical (unpaired) electrons. The van der Waals surface area contributed by atoms with Crippen LogP contribution in [0, 0.1) is 0 Å². The van der Waals surface area contributed by atoms with E-state index in [2.05, 4.69) is 29.5 Å². The van der Waals surface area contributed by atoms with E-state index in [1.807, 2.05) is 6.07 Å². The van der Waals surface area contributed by atoms with Crippen molar-refractivity contribution in [3.05, 3.63) is 18.3 Å². The van der Waals surface area contributed by atoms with Gasteiger partial charge in [0.15, 0.2) is 5.11 Å². The van der Waals surface area contributed by atoms with Gasteiger partial charge in [-0.2, -0.15) is 0 Å². The van der Waals surface area contributed by atoms with Gasteiger partial charge in [0.05, 0.1) is 19.0 Å². The van der Waals surface area contributed by atoms with Crippen LogP contribution < -0.4 is 15.4 Å². The highest BCUT2D eigenvalue weighted by Gasteiger charge is 2.02. The van der Waals surface area contributed by atoms with Crippen LogP contribution in [0.4, 0.5) is 5.69 Å². The van der Waals surface area contributed by atoms with E-state index >= 15 is 0 Å². The molecule has 1 rings (SSSR count). The molecule has 4 nitrogen and oxygen atoms in total. The number of aromatic nitrogens is 1. The molecule has 0 fully saturated rings. The lowest BCUT2D eigenvalue weighted by Crippen LogP contribution is -2.35. The van der Waals surface area contributed by atoms with Crippen LogP contribution in [-0.2, 0) is 0 Å². The van der Waals surface area contributed by atoms with Gasteiger partial charge in [0.25, 0.3) is 0 Å². The molecule has 5 heteroatoms. The summed E-state index contributed by atoms with van der Waals surface area (Å²) in [6.07, 6.45) is 2.71. The Morgan fingerprint density at radius 2 is 2.31 bits per heavy atom. The molecule has 2 N–H and O–H groups in total. The van der Waals surface area contributed by atoms with Gasteiger partial charge in [-0.1, -0.05) is 6.92 Å². The normalized spacial score (nSPS) is 11.7. The van der Waals surface area contributed by atoms with E-state index in [0.717, 1.165) is 12.1 Å². The fourth-order valence-corrected chi connectivity index (χ4v) is 1.39. The second kappa shape index (κ2) is 6.27. The third-order valence-electron chi connectivity index (χ3n) is 2.19. The Hall–Kier alpha value is -1.36. The van der Waals surface area contributed by atoms with Crippen molar-refractivity contribution in [3.8, 4) is 5.88 Å². The SMILES string of the molecule is CC[C@@H](C)NC(=S)Nc1ccc(OC)nc1. The number of thiocarbonyl (C=S) groups is 1. The zero-order valence-electron chi connectivity index (χ0n) is 9.78. The maximum atomic E-state index is 5.16. The van der Waals surface area contributed by atoms with Gasteiger partial charge in [0.1, 0.15) is 0 Å². The number of nitrogens with zero attached hydrogens (tertiary/aromatic N) is 1. The van der Waals surface area contributed by atoms with Crippen molar-refractivity contribution in [1.29, 1.82) is 0 Å². The first-order valence-electron chi connectivity index (χ1n) is 5.23. The molecular formula is C11H17N3OS. The number of rotatable bonds is 4. The first-order valence-corrected chi connectivity index (χ1v) is 5.64. The van der Waals surface area contributed by atoms with Crippen LogP contribution in [0.5, 0.6) is 5.88 Å². The summed E-state index contributed by atoms with van der Waals surface area (Å²) in [6, 6.07) is 4.02. The fraction of sp³-hybridized carbons (Fsp3) is 0.455. The second-order valence-corrected chi connectivity index (χ2v) is 3.91. The summed E-state index contributed by atoms with van der Waals surface area (Å²) in [6.45, 7) is 4.19. The molecule has 1 atom stereocenters. The highest BCUT2D eigenvalue weighted by molar-refractivity contribution is 7.80. The molecule has 0 unspecified atom stereocenters. The van der Waals surface area contributed by atoms with Crippen LogP contribution in [0.1, 0.15) is 20.3 Å². The van der Waals surface area contributed by atoms with Gasteiger partial charge in [-0.05, 0) is 31.6 Å². The Morgan fingerprint density at radius 1 is 1.56 bits per heavy atom. The monoisotopic (exact) mass is 239 g/mol. The Kier molecular flexibility index (Phi) is 4.98. The maximum Gasteiger partial charge on any atom is 0.213 e. The predicted molar refractivity (Wildman–Crippen MR) is 69.9 cm³/mol. The van der Waals surface area contributed by atoms with Crippen molar-refractivity contribution in [1.82, 2.24) is 10.3 Å². The Balaban J connectivity index is 2.49. The largest absolute Gasteiger partial charge is 0.481 e. The molecule has 0 spiro atoms. The lowest BCUT2D eigenvalue weighted by molar-refractivity contribution is 0.398. The summed E-state index contributed by atoms with van der Waals surface area (Å²) in [5.74, 6) is 0.589. The standard InChI is InChI=1S/C11H17N3OS/c1-4-8(2)13-11(16)14-9-5-6-10(15-3)12-7-9/h5-8H,4H2,1-3H3,(H2,13,14,16)/t8-/m1/s1. The van der Waals surface area contributed by atoms with Crippen molar-refractivity contribution in [2.24, 2.45) is 0 Å². The summed E-state index contributed by atoms with van der Waals surface area (Å²) in [5, 5.41) is 6.84. The third-order valence-corrected chi connectivity index (χ3v) is 2.41.